The van der Waals surface area contributed by atoms with Gasteiger partial charge in [-0.25, -0.2) is 0 Å². The molecule has 0 saturated heterocycles. The fourth-order valence-corrected chi connectivity index (χ4v) is 1.69. The summed E-state index contributed by atoms with van der Waals surface area (Å²) in [5.74, 6) is 1.36. The van der Waals surface area contributed by atoms with Gasteiger partial charge in [0.05, 0.1) is 0 Å². The summed E-state index contributed by atoms with van der Waals surface area (Å²) in [5.41, 5.74) is 0.0417. The molecule has 1 heterocycles. The quantitative estimate of drug-likeness (QED) is 0.542. The maximum Gasteiger partial charge on any atom is 0.207 e. The minimum atomic E-state index is -0.584. The first kappa shape index (κ1) is 12.0. The predicted octanol–water partition coefficient (Wildman–Crippen LogP) is -0.874. The first-order chi connectivity index (χ1) is 7.94. The molecule has 1 N–H and O–H groups in total. The van der Waals surface area contributed by atoms with E-state index in [1.54, 1.807) is 25.2 Å². The lowest BCUT2D eigenvalue weighted by atomic mass is 9.74. The summed E-state index contributed by atoms with van der Waals surface area (Å²) in [5, 5.41) is 2.99. The largest absolute Gasteiger partial charge is 0.460 e. The Kier molecular flexibility index (Phi) is 2.91. The Morgan fingerprint density at radius 1 is 1.41 bits per heavy atom. The molecule has 0 spiro atoms. The molecule has 1 aromatic rings. The molecule has 2 unspecified atom stereocenters. The minimum absolute atomic E-state index is 0.0333. The molecule has 0 fully saturated rings. The van der Waals surface area contributed by atoms with E-state index in [1.165, 1.54) is 0 Å². The highest BCUT2D eigenvalue weighted by atomic mass is 16.7. The molecule has 0 aromatic heterocycles. The number of fused-ring (bicyclic) bond motifs is 1. The maximum atomic E-state index is 12.2. The Morgan fingerprint density at radius 2 is 2.06 bits per heavy atom. The van der Waals surface area contributed by atoms with Crippen LogP contribution in [0.1, 0.15) is 17.3 Å². The number of likely N-dealkylation sites (N-methyl/N-ethyl adjacent to an activating group) is 1. The fraction of sp³-hybridized carbons (Fsp3) is 0.364. The zero-order valence-corrected chi connectivity index (χ0v) is 10.5. The standard InChI is InChI=1S/C11H15B2NO3/c1-11(13,14-2)9(15)6-3-4-7-8(5-6)17-10(12)16-7/h3-5,10,14H,12-13H2,1-2H3. The van der Waals surface area contributed by atoms with Gasteiger partial charge in [0, 0.05) is 11.0 Å². The van der Waals surface area contributed by atoms with Crippen LogP contribution >= 0.6 is 0 Å². The molecule has 1 aliphatic rings. The summed E-state index contributed by atoms with van der Waals surface area (Å²) in [6.45, 7) is 1.85. The molecule has 17 heavy (non-hydrogen) atoms. The zero-order valence-electron chi connectivity index (χ0n) is 10.5. The molecule has 6 heteroatoms. The molecular weight excluding hydrogens is 216 g/mol. The number of nitrogens with one attached hydrogen (secondary N) is 1. The van der Waals surface area contributed by atoms with Crippen molar-refractivity contribution in [2.24, 2.45) is 0 Å². The predicted molar refractivity (Wildman–Crippen MR) is 70.4 cm³/mol. The van der Waals surface area contributed by atoms with Crippen molar-refractivity contribution >= 4 is 21.5 Å². The first-order valence-corrected chi connectivity index (χ1v) is 5.65. The lowest BCUT2D eigenvalue weighted by molar-refractivity contribution is 0.0931. The van der Waals surface area contributed by atoms with Gasteiger partial charge in [-0.2, -0.15) is 0 Å². The average Bonchev–Trinajstić information content (AvgIpc) is 2.66. The van der Waals surface area contributed by atoms with Gasteiger partial charge in [0.15, 0.2) is 23.5 Å². The van der Waals surface area contributed by atoms with Crippen LogP contribution in [0, 0.1) is 0 Å². The van der Waals surface area contributed by atoms with Crippen LogP contribution in [0.15, 0.2) is 18.2 Å². The topological polar surface area (TPSA) is 47.6 Å². The van der Waals surface area contributed by atoms with Crippen LogP contribution in [-0.4, -0.2) is 40.2 Å². The van der Waals surface area contributed by atoms with Gasteiger partial charge in [-0.05, 0) is 32.2 Å². The van der Waals surface area contributed by atoms with Crippen molar-refractivity contribution in [2.75, 3.05) is 7.05 Å². The SMILES string of the molecule is BC1Oc2ccc(C(=O)C(B)(C)NC)cc2O1. The van der Waals surface area contributed by atoms with E-state index in [0.29, 0.717) is 17.1 Å². The van der Waals surface area contributed by atoms with Crippen molar-refractivity contribution in [2.45, 2.75) is 18.6 Å². The van der Waals surface area contributed by atoms with E-state index in [9.17, 15) is 4.79 Å². The highest BCUT2D eigenvalue weighted by Crippen LogP contribution is 2.35. The van der Waals surface area contributed by atoms with Crippen molar-refractivity contribution in [3.8, 4) is 11.5 Å². The molecule has 1 aliphatic heterocycles. The number of carbonyl (C=O) groups excluding carboxylic acids is 1. The molecule has 2 atom stereocenters. The highest BCUT2D eigenvalue weighted by molar-refractivity contribution is 6.32. The summed E-state index contributed by atoms with van der Waals surface area (Å²) >= 11 is 0. The number of benzene rings is 1. The Hall–Kier alpha value is -1.42. The number of ether oxygens (including phenoxy) is 2. The molecule has 88 valence electrons. The lowest BCUT2D eigenvalue weighted by Gasteiger charge is -2.22. The number of ketones is 1. The molecule has 4 nitrogen and oxygen atoms in total. The highest BCUT2D eigenvalue weighted by Gasteiger charge is 2.28. The van der Waals surface area contributed by atoms with Gasteiger partial charge >= 0.3 is 0 Å². The second-order valence-electron chi connectivity index (χ2n) is 4.67. The number of hydrogen-bond donors (Lipinski definition) is 1. The van der Waals surface area contributed by atoms with Crippen LogP contribution in [0.25, 0.3) is 0 Å². The van der Waals surface area contributed by atoms with Crippen molar-refractivity contribution in [3.63, 3.8) is 0 Å². The maximum absolute atomic E-state index is 12.2. The molecule has 0 radical (unpaired) electrons. The Balaban J connectivity index is 2.31. The van der Waals surface area contributed by atoms with Crippen molar-refractivity contribution in [1.29, 1.82) is 0 Å². The van der Waals surface area contributed by atoms with Crippen LogP contribution in [0.2, 0.25) is 0 Å². The van der Waals surface area contributed by atoms with Gasteiger partial charge in [0.1, 0.15) is 7.85 Å². The number of rotatable bonds is 3. The van der Waals surface area contributed by atoms with E-state index in [4.69, 9.17) is 9.47 Å². The summed E-state index contributed by atoms with van der Waals surface area (Å²) in [7, 11) is 5.44. The summed E-state index contributed by atoms with van der Waals surface area (Å²) in [6, 6.07) is 5.28. The summed E-state index contributed by atoms with van der Waals surface area (Å²) in [6.07, 6.45) is -0.285. The van der Waals surface area contributed by atoms with Crippen LogP contribution in [0.5, 0.6) is 11.5 Å². The van der Waals surface area contributed by atoms with E-state index < -0.39 is 5.44 Å². The minimum Gasteiger partial charge on any atom is -0.460 e. The molecule has 1 aromatic carbocycles. The lowest BCUT2D eigenvalue weighted by Crippen LogP contribution is -2.48. The molecular formula is C11H15B2NO3. The monoisotopic (exact) mass is 231 g/mol. The normalized spacial score (nSPS) is 20.9. The molecule has 2 rings (SSSR count). The van der Waals surface area contributed by atoms with Crippen molar-refractivity contribution in [3.05, 3.63) is 23.8 Å². The third kappa shape index (κ3) is 2.17. The molecule has 0 aliphatic carbocycles. The fourth-order valence-electron chi connectivity index (χ4n) is 1.69. The van der Waals surface area contributed by atoms with E-state index in [-0.39, 0.29) is 12.0 Å². The molecule has 0 saturated carbocycles. The average molecular weight is 231 g/mol. The van der Waals surface area contributed by atoms with Gasteiger partial charge < -0.3 is 14.8 Å². The second-order valence-corrected chi connectivity index (χ2v) is 4.67. The number of carbonyl (C=O) groups is 1. The third-order valence-corrected chi connectivity index (χ3v) is 2.98. The van der Waals surface area contributed by atoms with Crippen LogP contribution in [0.4, 0.5) is 0 Å². The second kappa shape index (κ2) is 4.11. The van der Waals surface area contributed by atoms with E-state index in [0.717, 1.165) is 0 Å². The van der Waals surface area contributed by atoms with Gasteiger partial charge in [-0.3, -0.25) is 4.79 Å². The van der Waals surface area contributed by atoms with E-state index >= 15 is 0 Å². The van der Waals surface area contributed by atoms with Crippen molar-refractivity contribution < 1.29 is 14.3 Å². The number of Topliss-reactive ketones (excluding diaryl/α,β-unsaturated/α-hetero) is 1. The summed E-state index contributed by atoms with van der Waals surface area (Å²) in [4.78, 5) is 12.2. The zero-order chi connectivity index (χ0) is 12.6. The molecule has 0 bridgehead atoms. The Morgan fingerprint density at radius 3 is 2.71 bits per heavy atom. The van der Waals surface area contributed by atoms with E-state index in [1.807, 2.05) is 22.6 Å². The van der Waals surface area contributed by atoms with Gasteiger partial charge in [-0.1, -0.05) is 0 Å². The number of hydrogen-bond acceptors (Lipinski definition) is 4. The van der Waals surface area contributed by atoms with Gasteiger partial charge in [0.25, 0.3) is 0 Å². The van der Waals surface area contributed by atoms with Crippen molar-refractivity contribution in [1.82, 2.24) is 5.32 Å². The Labute approximate surface area is 102 Å². The third-order valence-electron chi connectivity index (χ3n) is 2.98. The summed E-state index contributed by atoms with van der Waals surface area (Å²) < 4.78 is 10.9. The van der Waals surface area contributed by atoms with E-state index in [2.05, 4.69) is 5.32 Å². The molecule has 0 amide bonds. The van der Waals surface area contributed by atoms with Crippen LogP contribution in [-0.2, 0) is 0 Å². The van der Waals surface area contributed by atoms with Crippen LogP contribution in [0.3, 0.4) is 0 Å². The van der Waals surface area contributed by atoms with Gasteiger partial charge in [-0.15, -0.1) is 0 Å². The van der Waals surface area contributed by atoms with Gasteiger partial charge in [0.2, 0.25) is 7.85 Å². The first-order valence-electron chi connectivity index (χ1n) is 5.65. The Bertz CT molecular complexity index is 462. The smallest absolute Gasteiger partial charge is 0.207 e. The van der Waals surface area contributed by atoms with Crippen LogP contribution < -0.4 is 14.8 Å².